The predicted molar refractivity (Wildman–Crippen MR) is 88.1 cm³/mol. The molecule has 0 saturated carbocycles. The molecular weight excluding hydrogens is 294 g/mol. The first-order valence-electron chi connectivity index (χ1n) is 7.68. The van der Waals surface area contributed by atoms with Crippen molar-refractivity contribution in [3.63, 3.8) is 0 Å². The summed E-state index contributed by atoms with van der Waals surface area (Å²) in [5.74, 6) is 0.831. The molecule has 0 radical (unpaired) electrons. The van der Waals surface area contributed by atoms with E-state index in [2.05, 4.69) is 15.1 Å². The molecular formula is C17H17N3O3. The molecule has 3 aromatic rings. The molecule has 1 fully saturated rings. The highest BCUT2D eigenvalue weighted by atomic mass is 16.5. The van der Waals surface area contributed by atoms with Crippen LogP contribution in [0.4, 0.5) is 5.82 Å². The van der Waals surface area contributed by atoms with Crippen molar-refractivity contribution in [3.8, 4) is 0 Å². The number of ether oxygens (including phenoxy) is 1. The average Bonchev–Trinajstić information content (AvgIpc) is 2.55. The Hall–Kier alpha value is -2.47. The molecule has 1 aliphatic rings. The van der Waals surface area contributed by atoms with Crippen molar-refractivity contribution in [1.82, 2.24) is 10.2 Å². The summed E-state index contributed by atoms with van der Waals surface area (Å²) in [4.78, 5) is 14.0. The van der Waals surface area contributed by atoms with E-state index in [0.29, 0.717) is 18.8 Å². The zero-order chi connectivity index (χ0) is 16.0. The summed E-state index contributed by atoms with van der Waals surface area (Å²) in [6.07, 6.45) is 0. The minimum Gasteiger partial charge on any atom is -0.422 e. The zero-order valence-electron chi connectivity index (χ0n) is 13.1. The molecule has 6 heteroatoms. The van der Waals surface area contributed by atoms with Gasteiger partial charge < -0.3 is 14.1 Å². The number of anilines is 1. The van der Waals surface area contributed by atoms with Gasteiger partial charge in [0.1, 0.15) is 5.58 Å². The molecule has 1 saturated heterocycles. The second kappa shape index (κ2) is 5.31. The van der Waals surface area contributed by atoms with E-state index >= 15 is 0 Å². The van der Waals surface area contributed by atoms with Crippen LogP contribution in [-0.4, -0.2) is 36.5 Å². The summed E-state index contributed by atoms with van der Waals surface area (Å²) >= 11 is 0. The van der Waals surface area contributed by atoms with Crippen molar-refractivity contribution in [3.05, 3.63) is 39.7 Å². The molecule has 23 heavy (non-hydrogen) atoms. The van der Waals surface area contributed by atoms with Crippen molar-refractivity contribution in [2.75, 3.05) is 31.2 Å². The molecule has 4 rings (SSSR count). The summed E-state index contributed by atoms with van der Waals surface area (Å²) in [6.45, 7) is 6.86. The predicted octanol–water partition coefficient (Wildman–Crippen LogP) is 2.19. The fourth-order valence-corrected chi connectivity index (χ4v) is 3.18. The largest absolute Gasteiger partial charge is 0.422 e. The average molecular weight is 311 g/mol. The summed E-state index contributed by atoms with van der Waals surface area (Å²) in [5, 5.41) is 10.5. The molecule has 2 aromatic heterocycles. The maximum absolute atomic E-state index is 11.8. The number of aryl methyl sites for hydroxylation is 2. The molecule has 0 atom stereocenters. The number of hydrogen-bond donors (Lipinski definition) is 0. The summed E-state index contributed by atoms with van der Waals surface area (Å²) in [5.41, 5.74) is 2.88. The van der Waals surface area contributed by atoms with Gasteiger partial charge in [0, 0.05) is 30.1 Å². The van der Waals surface area contributed by atoms with E-state index in [0.717, 1.165) is 46.3 Å². The van der Waals surface area contributed by atoms with Crippen molar-refractivity contribution >= 4 is 27.7 Å². The Morgan fingerprint density at radius 3 is 2.70 bits per heavy atom. The highest BCUT2D eigenvalue weighted by molar-refractivity contribution is 6.06. The van der Waals surface area contributed by atoms with E-state index in [9.17, 15) is 4.79 Å². The van der Waals surface area contributed by atoms with Gasteiger partial charge in [-0.05, 0) is 31.5 Å². The van der Waals surface area contributed by atoms with Crippen LogP contribution in [0.1, 0.15) is 11.1 Å². The molecule has 0 aliphatic carbocycles. The third-order valence-corrected chi connectivity index (χ3v) is 4.37. The standard InChI is InChI=1S/C17H17N3O3/c1-10-9-14(21)23-16-12(10)3-4-13-15(16)11(2)17(19-18-13)20-5-7-22-8-6-20/h3-4,9H,5-8H2,1-2H3. The van der Waals surface area contributed by atoms with Gasteiger partial charge in [0.05, 0.1) is 24.1 Å². The lowest BCUT2D eigenvalue weighted by Crippen LogP contribution is -2.37. The number of rotatable bonds is 1. The van der Waals surface area contributed by atoms with Gasteiger partial charge in [-0.25, -0.2) is 4.79 Å². The molecule has 0 amide bonds. The van der Waals surface area contributed by atoms with E-state index in [4.69, 9.17) is 9.15 Å². The number of morpholine rings is 1. The second-order valence-corrected chi connectivity index (χ2v) is 5.83. The first-order valence-corrected chi connectivity index (χ1v) is 7.68. The van der Waals surface area contributed by atoms with E-state index < -0.39 is 0 Å². The van der Waals surface area contributed by atoms with Crippen LogP contribution in [0.3, 0.4) is 0 Å². The van der Waals surface area contributed by atoms with Crippen LogP contribution < -0.4 is 10.5 Å². The fraction of sp³-hybridized carbons (Fsp3) is 0.353. The van der Waals surface area contributed by atoms with Gasteiger partial charge in [-0.2, -0.15) is 0 Å². The summed E-state index contributed by atoms with van der Waals surface area (Å²) in [6, 6.07) is 5.37. The molecule has 118 valence electrons. The minimum absolute atomic E-state index is 0.341. The highest BCUT2D eigenvalue weighted by Crippen LogP contribution is 2.31. The van der Waals surface area contributed by atoms with Crippen molar-refractivity contribution in [2.24, 2.45) is 0 Å². The van der Waals surface area contributed by atoms with Crippen molar-refractivity contribution in [2.45, 2.75) is 13.8 Å². The molecule has 3 heterocycles. The van der Waals surface area contributed by atoms with Gasteiger partial charge in [0.25, 0.3) is 0 Å². The topological polar surface area (TPSA) is 68.5 Å². The first kappa shape index (κ1) is 14.1. The molecule has 0 unspecified atom stereocenters. The van der Waals surface area contributed by atoms with E-state index in [-0.39, 0.29) is 5.63 Å². The van der Waals surface area contributed by atoms with Crippen LogP contribution >= 0.6 is 0 Å². The van der Waals surface area contributed by atoms with Crippen LogP contribution in [-0.2, 0) is 4.74 Å². The Balaban J connectivity index is 2.04. The maximum Gasteiger partial charge on any atom is 0.336 e. The quantitative estimate of drug-likeness (QED) is 0.507. The van der Waals surface area contributed by atoms with Gasteiger partial charge in [-0.1, -0.05) is 0 Å². The van der Waals surface area contributed by atoms with Gasteiger partial charge in [-0.3, -0.25) is 0 Å². The van der Waals surface area contributed by atoms with E-state index in [1.165, 1.54) is 6.07 Å². The molecule has 1 aliphatic heterocycles. The van der Waals surface area contributed by atoms with E-state index in [1.54, 1.807) is 0 Å². The van der Waals surface area contributed by atoms with Gasteiger partial charge >= 0.3 is 5.63 Å². The normalized spacial score (nSPS) is 15.5. The third-order valence-electron chi connectivity index (χ3n) is 4.37. The van der Waals surface area contributed by atoms with Crippen molar-refractivity contribution < 1.29 is 9.15 Å². The molecule has 0 spiro atoms. The summed E-state index contributed by atoms with van der Waals surface area (Å²) in [7, 11) is 0. The van der Waals surface area contributed by atoms with Crippen LogP contribution in [0.25, 0.3) is 21.9 Å². The van der Waals surface area contributed by atoms with Gasteiger partial charge in [0.15, 0.2) is 5.82 Å². The molecule has 0 bridgehead atoms. The lowest BCUT2D eigenvalue weighted by atomic mass is 10.0. The number of aromatic nitrogens is 2. The SMILES string of the molecule is Cc1cc(=O)oc2c1ccc1nnc(N3CCOCC3)c(C)c12. The van der Waals surface area contributed by atoms with Crippen LogP contribution in [0.2, 0.25) is 0 Å². The molecule has 0 N–H and O–H groups in total. The lowest BCUT2D eigenvalue weighted by molar-refractivity contribution is 0.122. The van der Waals surface area contributed by atoms with Crippen molar-refractivity contribution in [1.29, 1.82) is 0 Å². The molecule has 6 nitrogen and oxygen atoms in total. The van der Waals surface area contributed by atoms with E-state index in [1.807, 2.05) is 26.0 Å². The summed E-state index contributed by atoms with van der Waals surface area (Å²) < 4.78 is 10.9. The number of fused-ring (bicyclic) bond motifs is 3. The Labute approximate surface area is 132 Å². The number of nitrogens with zero attached hydrogens (tertiary/aromatic N) is 3. The van der Waals surface area contributed by atoms with Crippen LogP contribution in [0, 0.1) is 13.8 Å². The number of hydrogen-bond acceptors (Lipinski definition) is 6. The Kier molecular flexibility index (Phi) is 3.27. The van der Waals surface area contributed by atoms with Crippen LogP contribution in [0.15, 0.2) is 27.4 Å². The van der Waals surface area contributed by atoms with Gasteiger partial charge in [-0.15, -0.1) is 10.2 Å². The fourth-order valence-electron chi connectivity index (χ4n) is 3.18. The third kappa shape index (κ3) is 2.26. The second-order valence-electron chi connectivity index (χ2n) is 5.83. The monoisotopic (exact) mass is 311 g/mol. The molecule has 1 aromatic carbocycles. The smallest absolute Gasteiger partial charge is 0.336 e. The first-order chi connectivity index (χ1) is 11.1. The van der Waals surface area contributed by atoms with Crippen LogP contribution in [0.5, 0.6) is 0 Å². The zero-order valence-corrected chi connectivity index (χ0v) is 13.1. The highest BCUT2D eigenvalue weighted by Gasteiger charge is 2.19. The van der Waals surface area contributed by atoms with Gasteiger partial charge in [0.2, 0.25) is 0 Å². The Morgan fingerprint density at radius 1 is 1.13 bits per heavy atom. The Morgan fingerprint density at radius 2 is 1.91 bits per heavy atom. The number of benzene rings is 1. The Bertz CT molecular complexity index is 959. The maximum atomic E-state index is 11.8. The lowest BCUT2D eigenvalue weighted by Gasteiger charge is -2.28. The minimum atomic E-state index is -0.341.